The predicted octanol–water partition coefficient (Wildman–Crippen LogP) is 2.67. The molecule has 3 rings (SSSR count). The van der Waals surface area contributed by atoms with E-state index in [0.29, 0.717) is 35.4 Å². The average molecular weight is 414 g/mol. The van der Waals surface area contributed by atoms with Gasteiger partial charge in [0.1, 0.15) is 0 Å². The Balaban J connectivity index is 1.58. The fraction of sp³-hybridized carbons (Fsp3) is 0.300. The molecule has 0 aliphatic carbocycles. The van der Waals surface area contributed by atoms with Crippen LogP contribution >= 0.6 is 11.8 Å². The van der Waals surface area contributed by atoms with Crippen LogP contribution in [0.2, 0.25) is 0 Å². The average Bonchev–Trinajstić information content (AvgIpc) is 3.41. The number of thioether (sulfide) groups is 1. The molecular formula is C20H23N5O3S. The molecule has 0 radical (unpaired) electrons. The van der Waals surface area contributed by atoms with Crippen LogP contribution in [-0.2, 0) is 17.9 Å². The summed E-state index contributed by atoms with van der Waals surface area (Å²) in [6.07, 6.45) is 1.59. The predicted molar refractivity (Wildman–Crippen MR) is 110 cm³/mol. The van der Waals surface area contributed by atoms with Crippen LogP contribution in [0, 0.1) is 0 Å². The minimum Gasteiger partial charge on any atom is -0.461 e. The number of rotatable bonds is 8. The maximum atomic E-state index is 12.5. The van der Waals surface area contributed by atoms with Gasteiger partial charge in [-0.1, -0.05) is 23.9 Å². The van der Waals surface area contributed by atoms with Gasteiger partial charge < -0.3 is 14.6 Å². The second kappa shape index (κ2) is 9.42. The third-order valence-electron chi connectivity index (χ3n) is 4.39. The Hall–Kier alpha value is -3.07. The number of benzene rings is 1. The van der Waals surface area contributed by atoms with Gasteiger partial charge in [-0.3, -0.25) is 14.2 Å². The van der Waals surface area contributed by atoms with E-state index in [1.54, 1.807) is 43.5 Å². The molecule has 3 aromatic rings. The molecular weight excluding hydrogens is 390 g/mol. The minimum absolute atomic E-state index is 0.0180. The number of amides is 2. The molecule has 2 amide bonds. The van der Waals surface area contributed by atoms with Crippen molar-refractivity contribution in [2.75, 3.05) is 19.8 Å². The van der Waals surface area contributed by atoms with Crippen molar-refractivity contribution in [3.8, 4) is 11.6 Å². The number of aromatic nitrogens is 3. The Morgan fingerprint density at radius 3 is 2.59 bits per heavy atom. The lowest BCUT2D eigenvalue weighted by molar-refractivity contribution is -0.127. The van der Waals surface area contributed by atoms with Crippen molar-refractivity contribution in [2.24, 2.45) is 0 Å². The Kier molecular flexibility index (Phi) is 6.71. The standard InChI is InChI=1S/C20H23N5O3S/c1-4-25-18(16-6-5-11-28-16)22-23-20(25)29-13-17(26)24(3)12-14-7-9-15(10-8-14)19(27)21-2/h5-11H,4,12-13H2,1-3H3,(H,21,27). The summed E-state index contributed by atoms with van der Waals surface area (Å²) in [6.45, 7) is 3.13. The molecule has 2 heterocycles. The molecule has 0 fully saturated rings. The van der Waals surface area contributed by atoms with Crippen molar-refractivity contribution in [3.05, 3.63) is 53.8 Å². The summed E-state index contributed by atoms with van der Waals surface area (Å²) in [6, 6.07) is 10.8. The van der Waals surface area contributed by atoms with Gasteiger partial charge >= 0.3 is 0 Å². The van der Waals surface area contributed by atoms with Gasteiger partial charge in [0.25, 0.3) is 5.91 Å². The smallest absolute Gasteiger partial charge is 0.251 e. The van der Waals surface area contributed by atoms with E-state index in [4.69, 9.17) is 4.42 Å². The minimum atomic E-state index is -0.133. The summed E-state index contributed by atoms with van der Waals surface area (Å²) in [5.74, 6) is 1.40. The van der Waals surface area contributed by atoms with E-state index in [1.165, 1.54) is 11.8 Å². The van der Waals surface area contributed by atoms with Crippen LogP contribution < -0.4 is 5.32 Å². The van der Waals surface area contributed by atoms with Gasteiger partial charge in [0.15, 0.2) is 16.7 Å². The van der Waals surface area contributed by atoms with E-state index in [9.17, 15) is 9.59 Å². The van der Waals surface area contributed by atoms with Crippen molar-refractivity contribution in [1.82, 2.24) is 25.0 Å². The van der Waals surface area contributed by atoms with E-state index in [0.717, 1.165) is 5.56 Å². The fourth-order valence-corrected chi connectivity index (χ4v) is 3.72. The zero-order valence-corrected chi connectivity index (χ0v) is 17.4. The Morgan fingerprint density at radius 2 is 1.97 bits per heavy atom. The lowest BCUT2D eigenvalue weighted by Crippen LogP contribution is -2.28. The lowest BCUT2D eigenvalue weighted by atomic mass is 10.1. The van der Waals surface area contributed by atoms with Crippen LogP contribution in [0.5, 0.6) is 0 Å². The SMILES string of the molecule is CCn1c(SCC(=O)N(C)Cc2ccc(C(=O)NC)cc2)nnc1-c1ccco1. The van der Waals surface area contributed by atoms with Gasteiger partial charge in [-0.2, -0.15) is 0 Å². The number of carbonyl (C=O) groups is 2. The summed E-state index contributed by atoms with van der Waals surface area (Å²) < 4.78 is 7.33. The molecule has 0 unspecified atom stereocenters. The third kappa shape index (κ3) is 4.86. The highest BCUT2D eigenvalue weighted by Gasteiger charge is 2.17. The molecule has 0 saturated heterocycles. The van der Waals surface area contributed by atoms with Crippen LogP contribution in [0.4, 0.5) is 0 Å². The van der Waals surface area contributed by atoms with Crippen molar-refractivity contribution in [1.29, 1.82) is 0 Å². The zero-order valence-electron chi connectivity index (χ0n) is 16.6. The lowest BCUT2D eigenvalue weighted by Gasteiger charge is -2.17. The highest BCUT2D eigenvalue weighted by atomic mass is 32.2. The molecule has 0 bridgehead atoms. The summed E-state index contributed by atoms with van der Waals surface area (Å²) in [7, 11) is 3.35. The summed E-state index contributed by atoms with van der Waals surface area (Å²) in [4.78, 5) is 25.8. The maximum Gasteiger partial charge on any atom is 0.251 e. The van der Waals surface area contributed by atoms with Gasteiger partial charge in [-0.15, -0.1) is 10.2 Å². The molecule has 0 spiro atoms. The zero-order chi connectivity index (χ0) is 20.8. The maximum absolute atomic E-state index is 12.5. The van der Waals surface area contributed by atoms with Crippen LogP contribution in [0.1, 0.15) is 22.8 Å². The first-order chi connectivity index (χ1) is 14.0. The van der Waals surface area contributed by atoms with E-state index >= 15 is 0 Å². The number of hydrogen-bond donors (Lipinski definition) is 1. The van der Waals surface area contributed by atoms with Crippen molar-refractivity contribution in [2.45, 2.75) is 25.2 Å². The molecule has 152 valence electrons. The van der Waals surface area contributed by atoms with Gasteiger partial charge in [-0.05, 0) is 36.8 Å². The first kappa shape index (κ1) is 20.7. The van der Waals surface area contributed by atoms with E-state index in [2.05, 4.69) is 15.5 Å². The summed E-state index contributed by atoms with van der Waals surface area (Å²) >= 11 is 1.35. The second-order valence-electron chi connectivity index (χ2n) is 6.34. The molecule has 8 nitrogen and oxygen atoms in total. The second-order valence-corrected chi connectivity index (χ2v) is 7.28. The van der Waals surface area contributed by atoms with E-state index < -0.39 is 0 Å². The van der Waals surface area contributed by atoms with Crippen LogP contribution in [0.25, 0.3) is 11.6 Å². The molecule has 0 aliphatic heterocycles. The van der Waals surface area contributed by atoms with Crippen molar-refractivity contribution < 1.29 is 14.0 Å². The third-order valence-corrected chi connectivity index (χ3v) is 5.34. The monoisotopic (exact) mass is 413 g/mol. The number of carbonyl (C=O) groups excluding carboxylic acids is 2. The molecule has 2 aromatic heterocycles. The van der Waals surface area contributed by atoms with Gasteiger partial charge in [0, 0.05) is 32.7 Å². The van der Waals surface area contributed by atoms with Gasteiger partial charge in [0.2, 0.25) is 5.91 Å². The normalized spacial score (nSPS) is 10.7. The van der Waals surface area contributed by atoms with Crippen molar-refractivity contribution in [3.63, 3.8) is 0 Å². The molecule has 29 heavy (non-hydrogen) atoms. The molecule has 0 saturated carbocycles. The molecule has 1 N–H and O–H groups in total. The Labute approximate surface area is 173 Å². The summed E-state index contributed by atoms with van der Waals surface area (Å²) in [5.41, 5.74) is 1.54. The van der Waals surface area contributed by atoms with Gasteiger partial charge in [-0.25, -0.2) is 0 Å². The highest BCUT2D eigenvalue weighted by molar-refractivity contribution is 7.99. The molecule has 1 aromatic carbocycles. The summed E-state index contributed by atoms with van der Waals surface area (Å²) in [5, 5.41) is 11.7. The van der Waals surface area contributed by atoms with Crippen LogP contribution in [0.3, 0.4) is 0 Å². The number of nitrogens with one attached hydrogen (secondary N) is 1. The topological polar surface area (TPSA) is 93.3 Å². The van der Waals surface area contributed by atoms with Crippen LogP contribution in [-0.4, -0.2) is 51.3 Å². The van der Waals surface area contributed by atoms with Crippen molar-refractivity contribution >= 4 is 23.6 Å². The largest absolute Gasteiger partial charge is 0.461 e. The highest BCUT2D eigenvalue weighted by Crippen LogP contribution is 2.24. The van der Waals surface area contributed by atoms with E-state index in [1.807, 2.05) is 29.7 Å². The quantitative estimate of drug-likeness (QED) is 0.571. The molecule has 0 atom stereocenters. The number of hydrogen-bond acceptors (Lipinski definition) is 6. The first-order valence-electron chi connectivity index (χ1n) is 9.18. The number of furan rings is 1. The van der Waals surface area contributed by atoms with Gasteiger partial charge in [0.05, 0.1) is 12.0 Å². The molecule has 0 aliphatic rings. The Bertz CT molecular complexity index is 967. The Morgan fingerprint density at radius 1 is 1.21 bits per heavy atom. The number of nitrogens with zero attached hydrogens (tertiary/aromatic N) is 4. The van der Waals surface area contributed by atoms with Crippen LogP contribution in [0.15, 0.2) is 52.2 Å². The fourth-order valence-electron chi connectivity index (χ4n) is 2.77. The molecule has 9 heteroatoms. The van der Waals surface area contributed by atoms with E-state index in [-0.39, 0.29) is 17.6 Å². The first-order valence-corrected chi connectivity index (χ1v) is 10.2.